The molecule has 0 heterocycles. The zero-order valence-electron chi connectivity index (χ0n) is 15.9. The fourth-order valence-corrected chi connectivity index (χ4v) is 2.94. The third-order valence-electron chi connectivity index (χ3n) is 3.68. The molecular weight excluding hydrogens is 426 g/mol. The van der Waals surface area contributed by atoms with E-state index >= 15 is 0 Å². The Bertz CT molecular complexity index is 884. The Morgan fingerprint density at radius 1 is 1.21 bits per heavy atom. The van der Waals surface area contributed by atoms with E-state index in [2.05, 4.69) is 31.8 Å². The molecule has 7 nitrogen and oxygen atoms in total. The number of nitrogens with zero attached hydrogens (tertiary/aromatic N) is 1. The van der Waals surface area contributed by atoms with Crippen molar-refractivity contribution in [3.05, 3.63) is 52.0 Å². The minimum absolute atomic E-state index is 0.331. The summed E-state index contributed by atoms with van der Waals surface area (Å²) < 4.78 is 11.5. The van der Waals surface area contributed by atoms with Crippen LogP contribution in [0.5, 0.6) is 11.5 Å². The predicted octanol–water partition coefficient (Wildman–Crippen LogP) is 3.64. The molecule has 0 atom stereocenters. The number of hydrogen-bond donors (Lipinski definition) is 2. The first-order valence-corrected chi connectivity index (χ1v) is 9.41. The van der Waals surface area contributed by atoms with Crippen LogP contribution in [0.15, 0.2) is 46.0 Å². The molecule has 2 N–H and O–H groups in total. The zero-order chi connectivity index (χ0) is 20.5. The number of halogens is 1. The maximum absolute atomic E-state index is 12.0. The molecular formula is C20H22BrN3O4. The third kappa shape index (κ3) is 6.09. The SMILES string of the molecule is CCOc1c(Br)cc(C=NNC(=O)CC(=O)Nc2ccccc2C)cc1OC. The number of benzene rings is 2. The van der Waals surface area contributed by atoms with Crippen molar-refractivity contribution in [1.29, 1.82) is 0 Å². The molecule has 0 aromatic heterocycles. The molecule has 2 aromatic rings. The van der Waals surface area contributed by atoms with E-state index in [0.29, 0.717) is 33.8 Å². The summed E-state index contributed by atoms with van der Waals surface area (Å²) in [5.74, 6) is 0.215. The number of para-hydroxylation sites is 1. The van der Waals surface area contributed by atoms with Gasteiger partial charge in [-0.05, 0) is 59.1 Å². The summed E-state index contributed by atoms with van der Waals surface area (Å²) in [6.07, 6.45) is 1.13. The topological polar surface area (TPSA) is 89.0 Å². The van der Waals surface area contributed by atoms with Gasteiger partial charge in [-0.1, -0.05) is 18.2 Å². The molecule has 0 aliphatic heterocycles. The molecule has 148 valence electrons. The van der Waals surface area contributed by atoms with Gasteiger partial charge in [0.1, 0.15) is 6.42 Å². The van der Waals surface area contributed by atoms with Crippen LogP contribution >= 0.6 is 15.9 Å². The van der Waals surface area contributed by atoms with Crippen molar-refractivity contribution < 1.29 is 19.1 Å². The highest BCUT2D eigenvalue weighted by Gasteiger charge is 2.12. The van der Waals surface area contributed by atoms with Gasteiger partial charge < -0.3 is 14.8 Å². The van der Waals surface area contributed by atoms with Gasteiger partial charge in [0.05, 0.1) is 24.4 Å². The summed E-state index contributed by atoms with van der Waals surface area (Å²) >= 11 is 3.42. The van der Waals surface area contributed by atoms with Gasteiger partial charge in [-0.3, -0.25) is 9.59 Å². The molecule has 0 fully saturated rings. The van der Waals surface area contributed by atoms with Crippen molar-refractivity contribution in [3.8, 4) is 11.5 Å². The maximum atomic E-state index is 12.0. The van der Waals surface area contributed by atoms with Crippen molar-refractivity contribution in [3.63, 3.8) is 0 Å². The third-order valence-corrected chi connectivity index (χ3v) is 4.27. The fraction of sp³-hybridized carbons (Fsp3) is 0.250. The fourth-order valence-electron chi connectivity index (χ4n) is 2.37. The van der Waals surface area contributed by atoms with Crippen LogP contribution in [0, 0.1) is 6.92 Å². The molecule has 0 spiro atoms. The van der Waals surface area contributed by atoms with Gasteiger partial charge in [0.15, 0.2) is 11.5 Å². The number of rotatable bonds is 8. The van der Waals surface area contributed by atoms with E-state index in [0.717, 1.165) is 5.56 Å². The Kier molecular flexibility index (Phi) is 8.01. The Balaban J connectivity index is 1.93. The quantitative estimate of drug-likeness (QED) is 0.367. The number of carbonyl (C=O) groups excluding carboxylic acids is 2. The van der Waals surface area contributed by atoms with Gasteiger partial charge >= 0.3 is 0 Å². The van der Waals surface area contributed by atoms with Gasteiger partial charge in [-0.25, -0.2) is 5.43 Å². The first-order valence-electron chi connectivity index (χ1n) is 8.62. The van der Waals surface area contributed by atoms with Gasteiger partial charge in [-0.2, -0.15) is 5.10 Å². The summed E-state index contributed by atoms with van der Waals surface area (Å²) in [6.45, 7) is 4.26. The average molecular weight is 448 g/mol. The number of carbonyl (C=O) groups is 2. The van der Waals surface area contributed by atoms with Crippen LogP contribution in [0.1, 0.15) is 24.5 Å². The summed E-state index contributed by atoms with van der Waals surface area (Å²) in [5, 5.41) is 6.59. The zero-order valence-corrected chi connectivity index (χ0v) is 17.5. The number of hydrazone groups is 1. The molecule has 0 radical (unpaired) electrons. The molecule has 28 heavy (non-hydrogen) atoms. The summed E-state index contributed by atoms with van der Waals surface area (Å²) in [4.78, 5) is 23.9. The molecule has 0 aliphatic carbocycles. The van der Waals surface area contributed by atoms with Crippen LogP contribution in [0.3, 0.4) is 0 Å². The minimum Gasteiger partial charge on any atom is -0.493 e. The number of nitrogens with one attached hydrogen (secondary N) is 2. The van der Waals surface area contributed by atoms with Crippen molar-refractivity contribution in [2.24, 2.45) is 5.10 Å². The Hall–Kier alpha value is -2.87. The highest BCUT2D eigenvalue weighted by Crippen LogP contribution is 2.36. The lowest BCUT2D eigenvalue weighted by Gasteiger charge is -2.12. The molecule has 0 aliphatic rings. The molecule has 0 unspecified atom stereocenters. The van der Waals surface area contributed by atoms with Crippen LogP contribution in [-0.4, -0.2) is 31.7 Å². The molecule has 8 heteroatoms. The first-order chi connectivity index (χ1) is 13.4. The van der Waals surface area contributed by atoms with Crippen molar-refractivity contribution in [2.45, 2.75) is 20.3 Å². The van der Waals surface area contributed by atoms with Crippen molar-refractivity contribution in [2.75, 3.05) is 19.0 Å². The average Bonchev–Trinajstić information content (AvgIpc) is 2.65. The van der Waals surface area contributed by atoms with E-state index in [1.54, 1.807) is 25.3 Å². The lowest BCUT2D eigenvalue weighted by atomic mass is 10.2. The number of hydrogen-bond acceptors (Lipinski definition) is 5. The van der Waals surface area contributed by atoms with Gasteiger partial charge in [0, 0.05) is 5.69 Å². The second-order valence-electron chi connectivity index (χ2n) is 5.80. The number of anilines is 1. The van der Waals surface area contributed by atoms with E-state index in [1.807, 2.05) is 32.0 Å². The maximum Gasteiger partial charge on any atom is 0.249 e. The first kappa shape index (κ1) is 21.4. The monoisotopic (exact) mass is 447 g/mol. The number of ether oxygens (including phenoxy) is 2. The number of methoxy groups -OCH3 is 1. The highest BCUT2D eigenvalue weighted by molar-refractivity contribution is 9.10. The molecule has 2 aromatic carbocycles. The number of aryl methyl sites for hydroxylation is 1. The van der Waals surface area contributed by atoms with Crippen LogP contribution in [0.4, 0.5) is 5.69 Å². The van der Waals surface area contributed by atoms with Gasteiger partial charge in [0.25, 0.3) is 0 Å². The Labute approximate surface area is 172 Å². The number of amides is 2. The second-order valence-corrected chi connectivity index (χ2v) is 6.65. The van der Waals surface area contributed by atoms with Crippen LogP contribution in [0.2, 0.25) is 0 Å². The van der Waals surface area contributed by atoms with E-state index in [1.165, 1.54) is 6.21 Å². The van der Waals surface area contributed by atoms with Crippen LogP contribution < -0.4 is 20.2 Å². The normalized spacial score (nSPS) is 10.6. The molecule has 0 bridgehead atoms. The smallest absolute Gasteiger partial charge is 0.249 e. The van der Waals surface area contributed by atoms with E-state index in [4.69, 9.17) is 9.47 Å². The second kappa shape index (κ2) is 10.5. The lowest BCUT2D eigenvalue weighted by Crippen LogP contribution is -2.24. The molecule has 2 rings (SSSR count). The minimum atomic E-state index is -0.515. The Morgan fingerprint density at radius 3 is 2.64 bits per heavy atom. The van der Waals surface area contributed by atoms with Crippen LogP contribution in [0.25, 0.3) is 0 Å². The van der Waals surface area contributed by atoms with E-state index in [9.17, 15) is 9.59 Å². The molecule has 0 saturated carbocycles. The highest BCUT2D eigenvalue weighted by atomic mass is 79.9. The van der Waals surface area contributed by atoms with Crippen LogP contribution in [-0.2, 0) is 9.59 Å². The molecule has 0 saturated heterocycles. The standard InChI is InChI=1S/C20H22BrN3O4/c1-4-28-20-15(21)9-14(10-17(20)27-3)12-22-24-19(26)11-18(25)23-16-8-6-5-7-13(16)2/h5-10,12H,4,11H2,1-3H3,(H,23,25)(H,24,26). The van der Waals surface area contributed by atoms with Crippen molar-refractivity contribution in [1.82, 2.24) is 5.43 Å². The summed E-state index contributed by atoms with van der Waals surface area (Å²) in [7, 11) is 1.54. The van der Waals surface area contributed by atoms with E-state index in [-0.39, 0.29) is 6.42 Å². The Morgan fingerprint density at radius 2 is 1.96 bits per heavy atom. The predicted molar refractivity (Wildman–Crippen MR) is 112 cm³/mol. The largest absolute Gasteiger partial charge is 0.493 e. The summed E-state index contributed by atoms with van der Waals surface area (Å²) in [6, 6.07) is 10.9. The van der Waals surface area contributed by atoms with Gasteiger partial charge in [-0.15, -0.1) is 0 Å². The lowest BCUT2D eigenvalue weighted by molar-refractivity contribution is -0.126. The summed E-state index contributed by atoms with van der Waals surface area (Å²) in [5.41, 5.74) is 4.63. The molecule has 2 amide bonds. The van der Waals surface area contributed by atoms with Gasteiger partial charge in [0.2, 0.25) is 11.8 Å². The van der Waals surface area contributed by atoms with Crippen molar-refractivity contribution >= 4 is 39.6 Å². The van der Waals surface area contributed by atoms with E-state index < -0.39 is 11.8 Å².